The Kier molecular flexibility index (Phi) is 4.97. The van der Waals surface area contributed by atoms with E-state index in [1.165, 1.54) is 12.1 Å². The highest BCUT2D eigenvalue weighted by Gasteiger charge is 2.20. The summed E-state index contributed by atoms with van der Waals surface area (Å²) < 4.78 is 14.8. The van der Waals surface area contributed by atoms with Crippen molar-refractivity contribution in [3.05, 3.63) is 58.9 Å². The van der Waals surface area contributed by atoms with Gasteiger partial charge in [-0.2, -0.15) is 4.98 Å². The van der Waals surface area contributed by atoms with Crippen LogP contribution < -0.4 is 5.32 Å². The molecule has 7 heteroatoms. The largest absolute Gasteiger partial charge is 0.349 e. The molecule has 0 aliphatic carbocycles. The van der Waals surface area contributed by atoms with Crippen LogP contribution in [0.4, 0.5) is 4.39 Å². The molecule has 0 aliphatic rings. The van der Waals surface area contributed by atoms with Crippen molar-refractivity contribution in [1.82, 2.24) is 24.9 Å². The maximum absolute atomic E-state index is 13.2. The number of carbonyl (C=O) groups is 1. The Labute approximate surface area is 151 Å². The van der Waals surface area contributed by atoms with Gasteiger partial charge >= 0.3 is 0 Å². The number of aryl methyl sites for hydroxylation is 2. The first-order chi connectivity index (χ1) is 12.3. The number of halogens is 1. The van der Waals surface area contributed by atoms with E-state index in [9.17, 15) is 9.18 Å². The van der Waals surface area contributed by atoms with Gasteiger partial charge in [-0.05, 0) is 43.5 Å². The van der Waals surface area contributed by atoms with Gasteiger partial charge in [-0.3, -0.25) is 4.79 Å². The smallest absolute Gasteiger partial charge is 0.252 e. The third kappa shape index (κ3) is 3.87. The highest BCUT2D eigenvalue weighted by atomic mass is 19.1. The number of nitrogens with zero attached hydrogens (tertiary/aromatic N) is 4. The standard InChI is InChI=1S/C19H22FN5O/c1-11(2)18(14-5-7-15(20)8-6-14)23-17(26)10-16-22-19-21-12(3)9-13(4)25(19)24-16/h5-9,11,18H,10H2,1-4H3,(H,23,26). The molecule has 0 radical (unpaired) electrons. The molecule has 2 heterocycles. The van der Waals surface area contributed by atoms with E-state index in [-0.39, 0.29) is 30.1 Å². The lowest BCUT2D eigenvalue weighted by molar-refractivity contribution is -0.121. The second-order valence-electron chi connectivity index (χ2n) is 6.80. The van der Waals surface area contributed by atoms with Crippen LogP contribution in [0.3, 0.4) is 0 Å². The second kappa shape index (κ2) is 7.19. The maximum atomic E-state index is 13.2. The molecular formula is C19H22FN5O. The first kappa shape index (κ1) is 18.0. The molecule has 0 spiro atoms. The Morgan fingerprint density at radius 2 is 1.88 bits per heavy atom. The van der Waals surface area contributed by atoms with Crippen LogP contribution in [0.25, 0.3) is 5.78 Å². The normalized spacial score (nSPS) is 12.5. The lowest BCUT2D eigenvalue weighted by atomic mass is 9.96. The van der Waals surface area contributed by atoms with Crippen molar-refractivity contribution in [1.29, 1.82) is 0 Å². The lowest BCUT2D eigenvalue weighted by Crippen LogP contribution is -2.33. The number of carbonyl (C=O) groups excluding carboxylic acids is 1. The Balaban J connectivity index is 1.76. The van der Waals surface area contributed by atoms with E-state index in [1.807, 2.05) is 33.8 Å². The molecule has 0 saturated carbocycles. The third-order valence-corrected chi connectivity index (χ3v) is 4.19. The van der Waals surface area contributed by atoms with Gasteiger partial charge in [0.15, 0.2) is 5.82 Å². The summed E-state index contributed by atoms with van der Waals surface area (Å²) in [7, 11) is 0. The number of benzene rings is 1. The van der Waals surface area contributed by atoms with E-state index in [0.717, 1.165) is 17.0 Å². The highest BCUT2D eigenvalue weighted by molar-refractivity contribution is 5.78. The van der Waals surface area contributed by atoms with Gasteiger partial charge in [0.2, 0.25) is 5.91 Å². The number of rotatable bonds is 5. The summed E-state index contributed by atoms with van der Waals surface area (Å²) in [5, 5.41) is 7.36. The third-order valence-electron chi connectivity index (χ3n) is 4.19. The van der Waals surface area contributed by atoms with Crippen molar-refractivity contribution < 1.29 is 9.18 Å². The van der Waals surface area contributed by atoms with Crippen molar-refractivity contribution >= 4 is 11.7 Å². The minimum absolute atomic E-state index is 0.0618. The van der Waals surface area contributed by atoms with Crippen LogP contribution in [0.5, 0.6) is 0 Å². The summed E-state index contributed by atoms with van der Waals surface area (Å²) in [5.41, 5.74) is 2.64. The van der Waals surface area contributed by atoms with E-state index in [4.69, 9.17) is 0 Å². The maximum Gasteiger partial charge on any atom is 0.252 e. The molecule has 1 unspecified atom stereocenters. The number of nitrogens with one attached hydrogen (secondary N) is 1. The van der Waals surface area contributed by atoms with Gasteiger partial charge in [0.1, 0.15) is 5.82 Å². The summed E-state index contributed by atoms with van der Waals surface area (Å²) in [4.78, 5) is 21.2. The fraction of sp³-hybridized carbons (Fsp3) is 0.368. The first-order valence-electron chi connectivity index (χ1n) is 8.58. The van der Waals surface area contributed by atoms with Gasteiger partial charge in [0, 0.05) is 11.4 Å². The van der Waals surface area contributed by atoms with Crippen LogP contribution in [0.15, 0.2) is 30.3 Å². The molecule has 3 rings (SSSR count). The topological polar surface area (TPSA) is 72.2 Å². The molecule has 1 N–H and O–H groups in total. The quantitative estimate of drug-likeness (QED) is 0.764. The average molecular weight is 355 g/mol. The average Bonchev–Trinajstić information content (AvgIpc) is 2.96. The SMILES string of the molecule is Cc1cc(C)n2nc(CC(=O)NC(c3ccc(F)cc3)C(C)C)nc2n1. The van der Waals surface area contributed by atoms with E-state index >= 15 is 0 Å². The molecule has 0 saturated heterocycles. The zero-order valence-electron chi connectivity index (χ0n) is 15.3. The van der Waals surface area contributed by atoms with Gasteiger partial charge in [0.25, 0.3) is 5.78 Å². The predicted octanol–water partition coefficient (Wildman–Crippen LogP) is 2.94. The molecule has 3 aromatic rings. The van der Waals surface area contributed by atoms with Crippen molar-refractivity contribution in [2.75, 3.05) is 0 Å². The van der Waals surface area contributed by atoms with Gasteiger partial charge in [-0.25, -0.2) is 13.9 Å². The highest BCUT2D eigenvalue weighted by Crippen LogP contribution is 2.22. The monoisotopic (exact) mass is 355 g/mol. The van der Waals surface area contributed by atoms with Crippen LogP contribution in [-0.2, 0) is 11.2 Å². The Hall–Kier alpha value is -2.83. The van der Waals surface area contributed by atoms with E-state index in [1.54, 1.807) is 16.6 Å². The summed E-state index contributed by atoms with van der Waals surface area (Å²) in [6.45, 7) is 7.83. The molecule has 26 heavy (non-hydrogen) atoms. The van der Waals surface area contributed by atoms with Crippen LogP contribution >= 0.6 is 0 Å². The molecule has 0 aliphatic heterocycles. The van der Waals surface area contributed by atoms with Crippen molar-refractivity contribution in [2.45, 2.75) is 40.2 Å². The number of hydrogen-bond acceptors (Lipinski definition) is 4. The summed E-state index contributed by atoms with van der Waals surface area (Å²) in [6.07, 6.45) is 0.0618. The van der Waals surface area contributed by atoms with E-state index in [2.05, 4.69) is 20.4 Å². The van der Waals surface area contributed by atoms with Crippen LogP contribution in [0.2, 0.25) is 0 Å². The minimum atomic E-state index is -0.297. The summed E-state index contributed by atoms with van der Waals surface area (Å²) >= 11 is 0. The lowest BCUT2D eigenvalue weighted by Gasteiger charge is -2.22. The molecule has 1 atom stereocenters. The van der Waals surface area contributed by atoms with Crippen molar-refractivity contribution in [2.24, 2.45) is 5.92 Å². The predicted molar refractivity (Wildman–Crippen MR) is 96.1 cm³/mol. The first-order valence-corrected chi connectivity index (χ1v) is 8.58. The van der Waals surface area contributed by atoms with Gasteiger partial charge in [-0.1, -0.05) is 26.0 Å². The molecule has 1 aromatic carbocycles. The van der Waals surface area contributed by atoms with Crippen LogP contribution in [0, 0.1) is 25.6 Å². The fourth-order valence-electron chi connectivity index (χ4n) is 2.96. The van der Waals surface area contributed by atoms with Crippen LogP contribution in [0.1, 0.15) is 42.7 Å². The zero-order valence-corrected chi connectivity index (χ0v) is 15.3. The van der Waals surface area contributed by atoms with Crippen molar-refractivity contribution in [3.63, 3.8) is 0 Å². The molecular weight excluding hydrogens is 333 g/mol. The van der Waals surface area contributed by atoms with Crippen LogP contribution in [-0.4, -0.2) is 25.5 Å². The number of fused-ring (bicyclic) bond motifs is 1. The number of amides is 1. The fourth-order valence-corrected chi connectivity index (χ4v) is 2.96. The molecule has 1 amide bonds. The molecule has 2 aromatic heterocycles. The number of aromatic nitrogens is 4. The molecule has 6 nitrogen and oxygen atoms in total. The molecule has 0 fully saturated rings. The number of hydrogen-bond donors (Lipinski definition) is 1. The van der Waals surface area contributed by atoms with Gasteiger partial charge < -0.3 is 5.32 Å². The van der Waals surface area contributed by atoms with E-state index in [0.29, 0.717) is 11.6 Å². The van der Waals surface area contributed by atoms with Crippen molar-refractivity contribution in [3.8, 4) is 0 Å². The summed E-state index contributed by atoms with van der Waals surface area (Å²) in [6, 6.07) is 7.89. The molecule has 136 valence electrons. The van der Waals surface area contributed by atoms with Gasteiger partial charge in [-0.15, -0.1) is 5.10 Å². The Bertz CT molecular complexity index is 933. The summed E-state index contributed by atoms with van der Waals surface area (Å²) in [5.74, 6) is 0.590. The second-order valence-corrected chi connectivity index (χ2v) is 6.80. The Morgan fingerprint density at radius 3 is 2.54 bits per heavy atom. The zero-order chi connectivity index (χ0) is 18.8. The van der Waals surface area contributed by atoms with E-state index < -0.39 is 0 Å². The minimum Gasteiger partial charge on any atom is -0.349 e. The Morgan fingerprint density at radius 1 is 1.19 bits per heavy atom. The molecule has 0 bridgehead atoms. The van der Waals surface area contributed by atoms with Gasteiger partial charge in [0.05, 0.1) is 12.5 Å².